The van der Waals surface area contributed by atoms with Crippen molar-refractivity contribution < 1.29 is 19.3 Å². The topological polar surface area (TPSA) is 47.9 Å². The molecule has 122 valence electrons. The standard InChI is InChI=1S/C16H34O4/c1-7-14(2)12-18-10-8-15(3,4)19-11-9-16(5,6)20-13-17/h14,17H,7-13H2,1-6H3. The summed E-state index contributed by atoms with van der Waals surface area (Å²) >= 11 is 0. The van der Waals surface area contributed by atoms with Crippen LogP contribution in [0.5, 0.6) is 0 Å². The van der Waals surface area contributed by atoms with E-state index < -0.39 is 0 Å². The quantitative estimate of drug-likeness (QED) is 0.442. The summed E-state index contributed by atoms with van der Waals surface area (Å²) in [5.41, 5.74) is -0.539. The van der Waals surface area contributed by atoms with Crippen molar-refractivity contribution in [3.05, 3.63) is 0 Å². The molecule has 0 rings (SSSR count). The van der Waals surface area contributed by atoms with E-state index in [-0.39, 0.29) is 18.0 Å². The van der Waals surface area contributed by atoms with E-state index in [4.69, 9.17) is 19.3 Å². The van der Waals surface area contributed by atoms with Gasteiger partial charge in [0, 0.05) is 13.2 Å². The fourth-order valence-electron chi connectivity index (χ4n) is 1.61. The van der Waals surface area contributed by atoms with Crippen molar-refractivity contribution in [2.24, 2.45) is 5.92 Å². The van der Waals surface area contributed by atoms with Crippen LogP contribution >= 0.6 is 0 Å². The van der Waals surface area contributed by atoms with Gasteiger partial charge in [0.2, 0.25) is 0 Å². The number of aliphatic hydroxyl groups excluding tert-OH is 1. The zero-order chi connectivity index (χ0) is 15.6. The summed E-state index contributed by atoms with van der Waals surface area (Å²) in [6, 6.07) is 0. The first-order valence-electron chi connectivity index (χ1n) is 7.69. The van der Waals surface area contributed by atoms with Crippen LogP contribution in [0.4, 0.5) is 0 Å². The van der Waals surface area contributed by atoms with E-state index >= 15 is 0 Å². The third-order valence-electron chi connectivity index (χ3n) is 3.60. The lowest BCUT2D eigenvalue weighted by Gasteiger charge is -2.29. The lowest BCUT2D eigenvalue weighted by molar-refractivity contribution is -0.121. The highest BCUT2D eigenvalue weighted by Gasteiger charge is 2.22. The van der Waals surface area contributed by atoms with E-state index in [0.29, 0.717) is 12.5 Å². The highest BCUT2D eigenvalue weighted by molar-refractivity contribution is 4.72. The van der Waals surface area contributed by atoms with E-state index in [1.54, 1.807) is 0 Å². The van der Waals surface area contributed by atoms with Crippen molar-refractivity contribution >= 4 is 0 Å². The van der Waals surface area contributed by atoms with Crippen LogP contribution in [0.2, 0.25) is 0 Å². The SMILES string of the molecule is CCC(C)COCCC(C)(C)OCCC(C)(C)OCO. The maximum absolute atomic E-state index is 8.79. The molecule has 0 aliphatic carbocycles. The molecule has 1 unspecified atom stereocenters. The molecule has 1 N–H and O–H groups in total. The van der Waals surface area contributed by atoms with Crippen LogP contribution in [-0.4, -0.2) is 42.9 Å². The molecular formula is C16H34O4. The highest BCUT2D eigenvalue weighted by Crippen LogP contribution is 2.19. The van der Waals surface area contributed by atoms with Crippen LogP contribution in [0.3, 0.4) is 0 Å². The summed E-state index contributed by atoms with van der Waals surface area (Å²) < 4.78 is 16.8. The fourth-order valence-corrected chi connectivity index (χ4v) is 1.61. The number of ether oxygens (including phenoxy) is 3. The summed E-state index contributed by atoms with van der Waals surface area (Å²) in [6.07, 6.45) is 2.79. The first-order valence-corrected chi connectivity index (χ1v) is 7.69. The first kappa shape index (κ1) is 19.8. The highest BCUT2D eigenvalue weighted by atomic mass is 16.6. The molecule has 0 aliphatic heterocycles. The number of aliphatic hydroxyl groups is 1. The predicted molar refractivity (Wildman–Crippen MR) is 81.8 cm³/mol. The maximum atomic E-state index is 8.79. The van der Waals surface area contributed by atoms with Crippen molar-refractivity contribution in [1.29, 1.82) is 0 Å². The van der Waals surface area contributed by atoms with Gasteiger partial charge in [0.25, 0.3) is 0 Å². The Morgan fingerprint density at radius 2 is 1.50 bits per heavy atom. The molecule has 0 fully saturated rings. The van der Waals surface area contributed by atoms with E-state index in [1.165, 1.54) is 0 Å². The Bertz CT molecular complexity index is 239. The number of hydrogen-bond acceptors (Lipinski definition) is 4. The van der Waals surface area contributed by atoms with Crippen molar-refractivity contribution in [2.45, 2.75) is 72.0 Å². The zero-order valence-electron chi connectivity index (χ0n) is 14.2. The van der Waals surface area contributed by atoms with Crippen LogP contribution in [0.1, 0.15) is 60.8 Å². The van der Waals surface area contributed by atoms with Gasteiger partial charge in [0.15, 0.2) is 0 Å². The Morgan fingerprint density at radius 3 is 2.05 bits per heavy atom. The van der Waals surface area contributed by atoms with Crippen molar-refractivity contribution in [3.63, 3.8) is 0 Å². The van der Waals surface area contributed by atoms with Crippen molar-refractivity contribution in [1.82, 2.24) is 0 Å². The van der Waals surface area contributed by atoms with Gasteiger partial charge in [-0.15, -0.1) is 0 Å². The van der Waals surface area contributed by atoms with Gasteiger partial charge in [0.05, 0.1) is 17.8 Å². The monoisotopic (exact) mass is 290 g/mol. The second-order valence-electron chi connectivity index (χ2n) is 6.73. The normalized spacial score (nSPS) is 14.6. The van der Waals surface area contributed by atoms with Gasteiger partial charge >= 0.3 is 0 Å². The van der Waals surface area contributed by atoms with Gasteiger partial charge in [-0.2, -0.15) is 0 Å². The molecular weight excluding hydrogens is 256 g/mol. The maximum Gasteiger partial charge on any atom is 0.144 e. The molecule has 0 aromatic carbocycles. The molecule has 1 atom stereocenters. The predicted octanol–water partition coefficient (Wildman–Crippen LogP) is 3.37. The molecule has 4 heteroatoms. The van der Waals surface area contributed by atoms with Crippen molar-refractivity contribution in [2.75, 3.05) is 26.6 Å². The Hall–Kier alpha value is -0.160. The molecule has 4 nitrogen and oxygen atoms in total. The summed E-state index contributed by atoms with van der Waals surface area (Å²) in [5.74, 6) is 0.621. The van der Waals surface area contributed by atoms with E-state index in [2.05, 4.69) is 27.7 Å². The Morgan fingerprint density at radius 1 is 0.950 bits per heavy atom. The molecule has 0 spiro atoms. The summed E-state index contributed by atoms with van der Waals surface area (Å²) in [5, 5.41) is 8.79. The molecule has 0 amide bonds. The van der Waals surface area contributed by atoms with E-state index in [1.807, 2.05) is 13.8 Å². The summed E-state index contributed by atoms with van der Waals surface area (Å²) in [7, 11) is 0. The minimum atomic E-state index is -0.349. The lowest BCUT2D eigenvalue weighted by atomic mass is 10.0. The fraction of sp³-hybridized carbons (Fsp3) is 1.00. The van der Waals surface area contributed by atoms with E-state index in [9.17, 15) is 0 Å². The van der Waals surface area contributed by atoms with Gasteiger partial charge in [-0.25, -0.2) is 0 Å². The molecule has 0 aromatic heterocycles. The van der Waals surface area contributed by atoms with E-state index in [0.717, 1.165) is 32.5 Å². The van der Waals surface area contributed by atoms with Crippen molar-refractivity contribution in [3.8, 4) is 0 Å². The molecule has 0 radical (unpaired) electrons. The first-order chi connectivity index (χ1) is 9.22. The average molecular weight is 290 g/mol. The number of hydrogen-bond donors (Lipinski definition) is 1. The number of rotatable bonds is 12. The third kappa shape index (κ3) is 10.6. The van der Waals surface area contributed by atoms with Gasteiger partial charge in [-0.3, -0.25) is 0 Å². The molecule has 0 saturated heterocycles. The minimum Gasteiger partial charge on any atom is -0.381 e. The second kappa shape index (κ2) is 9.72. The summed E-state index contributed by atoms with van der Waals surface area (Å²) in [6.45, 7) is 14.4. The van der Waals surface area contributed by atoms with Crippen LogP contribution in [0.25, 0.3) is 0 Å². The Labute approximate surface area is 124 Å². The van der Waals surface area contributed by atoms with Crippen LogP contribution in [0.15, 0.2) is 0 Å². The lowest BCUT2D eigenvalue weighted by Crippen LogP contribution is -2.32. The molecule has 20 heavy (non-hydrogen) atoms. The molecule has 0 aliphatic rings. The smallest absolute Gasteiger partial charge is 0.144 e. The molecule has 0 bridgehead atoms. The Kier molecular flexibility index (Phi) is 9.64. The minimum absolute atomic E-state index is 0.190. The Balaban J connectivity index is 3.79. The van der Waals surface area contributed by atoms with Crippen LogP contribution in [-0.2, 0) is 14.2 Å². The van der Waals surface area contributed by atoms with Gasteiger partial charge < -0.3 is 19.3 Å². The summed E-state index contributed by atoms with van der Waals surface area (Å²) in [4.78, 5) is 0. The zero-order valence-corrected chi connectivity index (χ0v) is 14.2. The average Bonchev–Trinajstić information content (AvgIpc) is 2.33. The van der Waals surface area contributed by atoms with Crippen LogP contribution < -0.4 is 0 Å². The molecule has 0 aromatic rings. The molecule has 0 heterocycles. The molecule has 0 saturated carbocycles. The van der Waals surface area contributed by atoms with Gasteiger partial charge in [-0.05, 0) is 46.5 Å². The second-order valence-corrected chi connectivity index (χ2v) is 6.73. The van der Waals surface area contributed by atoms with Gasteiger partial charge in [-0.1, -0.05) is 20.3 Å². The van der Waals surface area contributed by atoms with Gasteiger partial charge in [0.1, 0.15) is 6.79 Å². The third-order valence-corrected chi connectivity index (χ3v) is 3.60. The van der Waals surface area contributed by atoms with Crippen LogP contribution in [0, 0.1) is 5.92 Å². The largest absolute Gasteiger partial charge is 0.381 e.